The zero-order chi connectivity index (χ0) is 10.1. The van der Waals surface area contributed by atoms with Crippen LogP contribution in [0.2, 0.25) is 0 Å². The Kier molecular flexibility index (Phi) is 3.12. The number of carbonyl (C=O) groups is 1. The number of carbonyl (C=O) groups excluding carboxylic acids is 1. The lowest BCUT2D eigenvalue weighted by atomic mass is 10.2. The molecule has 2 heterocycles. The number of ether oxygens (including phenoxy) is 1. The highest BCUT2D eigenvalue weighted by Crippen LogP contribution is 2.27. The normalized spacial score (nSPS) is 33.1. The highest BCUT2D eigenvalue weighted by molar-refractivity contribution is 9.10. The summed E-state index contributed by atoms with van der Waals surface area (Å²) in [6.07, 6.45) is 3.69. The van der Waals surface area contributed by atoms with Crippen LogP contribution >= 0.6 is 15.9 Å². The van der Waals surface area contributed by atoms with E-state index in [1.807, 2.05) is 11.8 Å². The molecule has 1 amide bonds. The smallest absolute Gasteiger partial charge is 0.236 e. The Bertz CT molecular complexity index is 222. The van der Waals surface area contributed by atoms with E-state index in [2.05, 4.69) is 15.9 Å². The Morgan fingerprint density at radius 1 is 1.50 bits per heavy atom. The Balaban J connectivity index is 1.95. The van der Waals surface area contributed by atoms with E-state index in [1.165, 1.54) is 0 Å². The van der Waals surface area contributed by atoms with E-state index in [4.69, 9.17) is 4.74 Å². The third-order valence-corrected chi connectivity index (χ3v) is 4.02. The number of morpholine rings is 1. The first-order valence-electron chi connectivity index (χ1n) is 5.29. The number of amides is 1. The summed E-state index contributed by atoms with van der Waals surface area (Å²) in [5, 5.41) is 0. The van der Waals surface area contributed by atoms with Gasteiger partial charge in [0, 0.05) is 13.1 Å². The summed E-state index contributed by atoms with van der Waals surface area (Å²) in [5.74, 6) is 0.229. The maximum atomic E-state index is 11.9. The van der Waals surface area contributed by atoms with Gasteiger partial charge in [0.05, 0.1) is 17.0 Å². The topological polar surface area (TPSA) is 29.5 Å². The van der Waals surface area contributed by atoms with E-state index >= 15 is 0 Å². The summed E-state index contributed by atoms with van der Waals surface area (Å²) >= 11 is 3.41. The van der Waals surface area contributed by atoms with E-state index in [1.54, 1.807) is 0 Å². The summed E-state index contributed by atoms with van der Waals surface area (Å²) in [6.45, 7) is 3.60. The van der Waals surface area contributed by atoms with Crippen molar-refractivity contribution < 1.29 is 9.53 Å². The van der Waals surface area contributed by atoms with Gasteiger partial charge in [0.15, 0.2) is 0 Å². The van der Waals surface area contributed by atoms with E-state index in [-0.39, 0.29) is 10.7 Å². The average molecular weight is 262 g/mol. The Hall–Kier alpha value is -0.0900. The van der Waals surface area contributed by atoms with Crippen molar-refractivity contribution in [3.63, 3.8) is 0 Å². The summed E-state index contributed by atoms with van der Waals surface area (Å²) in [4.78, 5) is 13.8. The maximum Gasteiger partial charge on any atom is 0.236 e. The molecule has 2 saturated heterocycles. The van der Waals surface area contributed by atoms with Crippen LogP contribution in [-0.4, -0.2) is 40.9 Å². The van der Waals surface area contributed by atoms with E-state index in [0.717, 1.165) is 32.4 Å². The summed E-state index contributed by atoms with van der Waals surface area (Å²) < 4.78 is 5.68. The number of rotatable bonds is 2. The molecular weight excluding hydrogens is 246 g/mol. The molecule has 14 heavy (non-hydrogen) atoms. The van der Waals surface area contributed by atoms with E-state index in [9.17, 15) is 4.79 Å². The Morgan fingerprint density at radius 2 is 2.07 bits per heavy atom. The van der Waals surface area contributed by atoms with Gasteiger partial charge in [-0.05, 0) is 19.3 Å². The average Bonchev–Trinajstić information content (AvgIpc) is 2.55. The quantitative estimate of drug-likeness (QED) is 0.707. The van der Waals surface area contributed by atoms with Crippen molar-refractivity contribution >= 4 is 21.8 Å². The number of hydrogen-bond acceptors (Lipinski definition) is 2. The third kappa shape index (κ3) is 1.96. The molecule has 80 valence electrons. The predicted octanol–water partition coefficient (Wildman–Crippen LogP) is 1.55. The van der Waals surface area contributed by atoms with Crippen molar-refractivity contribution in [2.75, 3.05) is 13.1 Å². The second-order valence-electron chi connectivity index (χ2n) is 4.08. The fourth-order valence-corrected chi connectivity index (χ4v) is 2.46. The van der Waals surface area contributed by atoms with E-state index in [0.29, 0.717) is 12.2 Å². The molecule has 2 aliphatic heterocycles. The van der Waals surface area contributed by atoms with Gasteiger partial charge in [0.2, 0.25) is 5.91 Å². The van der Waals surface area contributed by atoms with Gasteiger partial charge in [-0.3, -0.25) is 4.79 Å². The molecule has 2 fully saturated rings. The monoisotopic (exact) mass is 261 g/mol. The second-order valence-corrected chi connectivity index (χ2v) is 5.18. The SMILES string of the molecule is CCC(Br)C(=O)N1CC2CCC(C1)O2. The van der Waals surface area contributed by atoms with Crippen LogP contribution in [0.15, 0.2) is 0 Å². The maximum absolute atomic E-state index is 11.9. The summed E-state index contributed by atoms with van der Waals surface area (Å²) in [5.41, 5.74) is 0. The first kappa shape index (κ1) is 10.4. The van der Waals surface area contributed by atoms with Gasteiger partial charge < -0.3 is 9.64 Å². The molecular formula is C10H16BrNO2. The molecule has 4 heteroatoms. The lowest BCUT2D eigenvalue weighted by Crippen LogP contribution is -2.48. The third-order valence-electron chi connectivity index (χ3n) is 2.98. The van der Waals surface area contributed by atoms with Crippen molar-refractivity contribution in [2.24, 2.45) is 0 Å². The highest BCUT2D eigenvalue weighted by atomic mass is 79.9. The van der Waals surface area contributed by atoms with Gasteiger partial charge in [-0.25, -0.2) is 0 Å². The van der Waals surface area contributed by atoms with Crippen molar-refractivity contribution in [1.82, 2.24) is 4.90 Å². The molecule has 0 N–H and O–H groups in total. The molecule has 2 aliphatic rings. The zero-order valence-electron chi connectivity index (χ0n) is 8.41. The van der Waals surface area contributed by atoms with Crippen LogP contribution in [0.5, 0.6) is 0 Å². The molecule has 0 aromatic carbocycles. The van der Waals surface area contributed by atoms with Crippen LogP contribution in [0.1, 0.15) is 26.2 Å². The van der Waals surface area contributed by atoms with Crippen molar-refractivity contribution in [3.8, 4) is 0 Å². The summed E-state index contributed by atoms with van der Waals surface area (Å²) in [7, 11) is 0. The van der Waals surface area contributed by atoms with Crippen molar-refractivity contribution in [2.45, 2.75) is 43.2 Å². The minimum Gasteiger partial charge on any atom is -0.371 e. The fraction of sp³-hybridized carbons (Fsp3) is 0.900. The molecule has 2 rings (SSSR count). The Labute approximate surface area is 92.9 Å². The number of halogens is 1. The first-order chi connectivity index (χ1) is 6.70. The first-order valence-corrected chi connectivity index (χ1v) is 6.20. The standard InChI is InChI=1S/C10H16BrNO2/c1-2-9(11)10(13)12-5-7-3-4-8(6-12)14-7/h7-9H,2-6H2,1H3. The highest BCUT2D eigenvalue weighted by Gasteiger charge is 2.36. The van der Waals surface area contributed by atoms with Gasteiger partial charge in [0.1, 0.15) is 0 Å². The predicted molar refractivity (Wildman–Crippen MR) is 57.5 cm³/mol. The van der Waals surface area contributed by atoms with Crippen molar-refractivity contribution in [1.29, 1.82) is 0 Å². The number of nitrogens with zero attached hydrogens (tertiary/aromatic N) is 1. The molecule has 0 spiro atoms. The molecule has 0 radical (unpaired) electrons. The fourth-order valence-electron chi connectivity index (χ4n) is 2.17. The van der Waals surface area contributed by atoms with Gasteiger partial charge in [-0.1, -0.05) is 22.9 Å². The molecule has 0 aromatic rings. The van der Waals surface area contributed by atoms with Gasteiger partial charge in [-0.15, -0.1) is 0 Å². The summed E-state index contributed by atoms with van der Waals surface area (Å²) in [6, 6.07) is 0. The van der Waals surface area contributed by atoms with Crippen LogP contribution in [-0.2, 0) is 9.53 Å². The lowest BCUT2D eigenvalue weighted by Gasteiger charge is -2.33. The number of hydrogen-bond donors (Lipinski definition) is 0. The molecule has 3 unspecified atom stereocenters. The lowest BCUT2D eigenvalue weighted by molar-refractivity contribution is -0.139. The molecule has 2 bridgehead atoms. The number of likely N-dealkylation sites (tertiary alicyclic amines) is 1. The van der Waals surface area contributed by atoms with Crippen molar-refractivity contribution in [3.05, 3.63) is 0 Å². The molecule has 0 aromatic heterocycles. The van der Waals surface area contributed by atoms with Crippen LogP contribution in [0.25, 0.3) is 0 Å². The largest absolute Gasteiger partial charge is 0.371 e. The number of fused-ring (bicyclic) bond motifs is 2. The molecule has 3 nitrogen and oxygen atoms in total. The number of alkyl halides is 1. The molecule has 0 aliphatic carbocycles. The minimum atomic E-state index is -0.0139. The van der Waals surface area contributed by atoms with Crippen LogP contribution in [0.4, 0.5) is 0 Å². The van der Waals surface area contributed by atoms with E-state index < -0.39 is 0 Å². The van der Waals surface area contributed by atoms with Crippen LogP contribution < -0.4 is 0 Å². The van der Waals surface area contributed by atoms with Crippen LogP contribution in [0.3, 0.4) is 0 Å². The van der Waals surface area contributed by atoms with Gasteiger partial charge in [0.25, 0.3) is 0 Å². The van der Waals surface area contributed by atoms with Crippen LogP contribution in [0, 0.1) is 0 Å². The zero-order valence-corrected chi connectivity index (χ0v) is 10.00. The minimum absolute atomic E-state index is 0.0139. The van der Waals surface area contributed by atoms with Gasteiger partial charge in [-0.2, -0.15) is 0 Å². The molecule has 3 atom stereocenters. The molecule has 0 saturated carbocycles. The van der Waals surface area contributed by atoms with Gasteiger partial charge >= 0.3 is 0 Å². The Morgan fingerprint density at radius 3 is 2.57 bits per heavy atom. The second kappa shape index (κ2) is 4.19.